The fourth-order valence-electron chi connectivity index (χ4n) is 1.24. The SMILES string of the molecule is C#CCNc1nc2cc(OC)ccc2o1. The van der Waals surface area contributed by atoms with Gasteiger partial charge in [-0.3, -0.25) is 0 Å². The summed E-state index contributed by atoms with van der Waals surface area (Å²) in [5, 5.41) is 2.87. The summed E-state index contributed by atoms with van der Waals surface area (Å²) in [6, 6.07) is 5.86. The van der Waals surface area contributed by atoms with Gasteiger partial charge in [0.1, 0.15) is 11.3 Å². The number of terminal acetylenes is 1. The molecule has 0 spiro atoms. The van der Waals surface area contributed by atoms with Crippen LogP contribution in [0.4, 0.5) is 6.01 Å². The smallest absolute Gasteiger partial charge is 0.296 e. The van der Waals surface area contributed by atoms with Crippen LogP contribution >= 0.6 is 0 Å². The first-order valence-corrected chi connectivity index (χ1v) is 4.45. The molecule has 0 aliphatic rings. The van der Waals surface area contributed by atoms with Crippen LogP contribution in [0.1, 0.15) is 0 Å². The first-order valence-electron chi connectivity index (χ1n) is 4.45. The van der Waals surface area contributed by atoms with Crippen LogP contribution in [0, 0.1) is 12.3 Å². The molecule has 0 bridgehead atoms. The summed E-state index contributed by atoms with van der Waals surface area (Å²) < 4.78 is 10.5. The molecule has 4 nitrogen and oxygen atoms in total. The molecule has 1 aromatic carbocycles. The number of nitrogens with one attached hydrogen (secondary N) is 1. The van der Waals surface area contributed by atoms with Gasteiger partial charge in [-0.2, -0.15) is 4.98 Å². The Morgan fingerprint density at radius 2 is 2.47 bits per heavy atom. The second-order valence-corrected chi connectivity index (χ2v) is 2.91. The van der Waals surface area contributed by atoms with Crippen LogP contribution in [0.5, 0.6) is 5.75 Å². The molecule has 4 heteroatoms. The van der Waals surface area contributed by atoms with Crippen molar-refractivity contribution in [3.8, 4) is 18.1 Å². The average molecular weight is 202 g/mol. The third kappa shape index (κ3) is 1.86. The average Bonchev–Trinajstić information content (AvgIpc) is 2.67. The highest BCUT2D eigenvalue weighted by Gasteiger charge is 2.05. The number of hydrogen-bond acceptors (Lipinski definition) is 4. The summed E-state index contributed by atoms with van der Waals surface area (Å²) in [5.41, 5.74) is 1.45. The molecule has 0 amide bonds. The Hall–Kier alpha value is -2.15. The quantitative estimate of drug-likeness (QED) is 0.772. The van der Waals surface area contributed by atoms with Crippen molar-refractivity contribution in [3.63, 3.8) is 0 Å². The van der Waals surface area contributed by atoms with E-state index < -0.39 is 0 Å². The van der Waals surface area contributed by atoms with Gasteiger partial charge in [0.05, 0.1) is 13.7 Å². The van der Waals surface area contributed by atoms with Gasteiger partial charge in [-0.15, -0.1) is 6.42 Å². The highest BCUT2D eigenvalue weighted by atomic mass is 16.5. The van der Waals surface area contributed by atoms with E-state index in [-0.39, 0.29) is 0 Å². The van der Waals surface area contributed by atoms with Gasteiger partial charge in [0.15, 0.2) is 5.58 Å². The summed E-state index contributed by atoms with van der Waals surface area (Å²) in [7, 11) is 1.61. The Balaban J connectivity index is 2.34. The number of hydrogen-bond donors (Lipinski definition) is 1. The molecule has 0 saturated heterocycles. The minimum atomic E-state index is 0.393. The van der Waals surface area contributed by atoms with Gasteiger partial charge in [0.2, 0.25) is 0 Å². The van der Waals surface area contributed by atoms with Crippen molar-refractivity contribution in [2.45, 2.75) is 0 Å². The molecule has 0 unspecified atom stereocenters. The van der Waals surface area contributed by atoms with Gasteiger partial charge >= 0.3 is 0 Å². The van der Waals surface area contributed by atoms with Crippen molar-refractivity contribution in [1.82, 2.24) is 4.98 Å². The molecule has 0 radical (unpaired) electrons. The van der Waals surface area contributed by atoms with Gasteiger partial charge < -0.3 is 14.5 Å². The molecule has 76 valence electrons. The van der Waals surface area contributed by atoms with E-state index in [2.05, 4.69) is 16.2 Å². The van der Waals surface area contributed by atoms with E-state index >= 15 is 0 Å². The number of aromatic nitrogens is 1. The van der Waals surface area contributed by atoms with Gasteiger partial charge in [0, 0.05) is 6.07 Å². The summed E-state index contributed by atoms with van der Waals surface area (Å²) in [4.78, 5) is 4.21. The number of oxazole rings is 1. The maximum absolute atomic E-state index is 5.40. The molecule has 0 fully saturated rings. The van der Waals surface area contributed by atoms with E-state index in [0.717, 1.165) is 11.3 Å². The first kappa shape index (κ1) is 9.41. The fourth-order valence-corrected chi connectivity index (χ4v) is 1.24. The Labute approximate surface area is 87.2 Å². The van der Waals surface area contributed by atoms with Crippen LogP contribution in [0.2, 0.25) is 0 Å². The summed E-state index contributed by atoms with van der Waals surface area (Å²) >= 11 is 0. The number of benzene rings is 1. The predicted octanol–water partition coefficient (Wildman–Crippen LogP) is 1.88. The highest BCUT2D eigenvalue weighted by molar-refractivity contribution is 5.76. The maximum atomic E-state index is 5.40. The lowest BCUT2D eigenvalue weighted by Gasteiger charge is -1.95. The number of rotatable bonds is 3. The molecule has 0 saturated carbocycles. The molecule has 0 atom stereocenters. The van der Waals surface area contributed by atoms with E-state index in [0.29, 0.717) is 18.1 Å². The van der Waals surface area contributed by atoms with Crippen LogP contribution in [0.15, 0.2) is 22.6 Å². The number of nitrogens with zero attached hydrogens (tertiary/aromatic N) is 1. The Morgan fingerprint density at radius 3 is 3.20 bits per heavy atom. The molecule has 2 rings (SSSR count). The van der Waals surface area contributed by atoms with Crippen LogP contribution in [0.25, 0.3) is 11.1 Å². The van der Waals surface area contributed by atoms with E-state index in [4.69, 9.17) is 15.6 Å². The molecule has 0 aliphatic carbocycles. The van der Waals surface area contributed by atoms with Gasteiger partial charge in [-0.25, -0.2) is 0 Å². The Bertz CT molecular complexity index is 511. The molecule has 1 heterocycles. The standard InChI is InChI=1S/C11H10N2O2/c1-3-6-12-11-13-9-7-8(14-2)4-5-10(9)15-11/h1,4-5,7H,6H2,2H3,(H,12,13). The molecular formula is C11H10N2O2. The van der Waals surface area contributed by atoms with E-state index in [1.165, 1.54) is 0 Å². The van der Waals surface area contributed by atoms with E-state index in [1.807, 2.05) is 12.1 Å². The second kappa shape index (κ2) is 3.93. The minimum absolute atomic E-state index is 0.393. The summed E-state index contributed by atoms with van der Waals surface area (Å²) in [5.74, 6) is 3.20. The van der Waals surface area contributed by atoms with Gasteiger partial charge in [-0.1, -0.05) is 5.92 Å². The predicted molar refractivity (Wildman–Crippen MR) is 57.9 cm³/mol. The van der Waals surface area contributed by atoms with Gasteiger partial charge in [0.25, 0.3) is 6.01 Å². The lowest BCUT2D eigenvalue weighted by atomic mass is 10.3. The fraction of sp³-hybridized carbons (Fsp3) is 0.182. The number of fused-ring (bicyclic) bond motifs is 1. The van der Waals surface area contributed by atoms with Crippen LogP contribution in [0.3, 0.4) is 0 Å². The van der Waals surface area contributed by atoms with Crippen molar-refractivity contribution in [3.05, 3.63) is 18.2 Å². The minimum Gasteiger partial charge on any atom is -0.497 e. The monoisotopic (exact) mass is 202 g/mol. The Morgan fingerprint density at radius 1 is 1.60 bits per heavy atom. The third-order valence-electron chi connectivity index (χ3n) is 1.94. The lowest BCUT2D eigenvalue weighted by Crippen LogP contribution is -1.97. The van der Waals surface area contributed by atoms with Gasteiger partial charge in [-0.05, 0) is 12.1 Å². The molecule has 1 aromatic heterocycles. The third-order valence-corrected chi connectivity index (χ3v) is 1.94. The van der Waals surface area contributed by atoms with Crippen molar-refractivity contribution >= 4 is 17.1 Å². The zero-order chi connectivity index (χ0) is 10.7. The van der Waals surface area contributed by atoms with E-state index in [9.17, 15) is 0 Å². The highest BCUT2D eigenvalue weighted by Crippen LogP contribution is 2.23. The largest absolute Gasteiger partial charge is 0.497 e. The number of ether oxygens (including phenoxy) is 1. The van der Waals surface area contributed by atoms with Crippen molar-refractivity contribution < 1.29 is 9.15 Å². The topological polar surface area (TPSA) is 47.3 Å². The number of methoxy groups -OCH3 is 1. The van der Waals surface area contributed by atoms with Crippen molar-refractivity contribution in [2.75, 3.05) is 19.0 Å². The molecule has 0 aliphatic heterocycles. The summed E-state index contributed by atoms with van der Waals surface area (Å²) in [6.45, 7) is 0.393. The van der Waals surface area contributed by atoms with Crippen LogP contribution in [-0.2, 0) is 0 Å². The van der Waals surface area contributed by atoms with Crippen molar-refractivity contribution in [2.24, 2.45) is 0 Å². The lowest BCUT2D eigenvalue weighted by molar-refractivity contribution is 0.415. The molecule has 1 N–H and O–H groups in total. The molecule has 15 heavy (non-hydrogen) atoms. The van der Waals surface area contributed by atoms with Crippen molar-refractivity contribution in [1.29, 1.82) is 0 Å². The molecular weight excluding hydrogens is 192 g/mol. The van der Waals surface area contributed by atoms with Crippen LogP contribution < -0.4 is 10.1 Å². The zero-order valence-corrected chi connectivity index (χ0v) is 8.28. The Kier molecular flexibility index (Phi) is 2.46. The zero-order valence-electron chi connectivity index (χ0n) is 8.28. The summed E-state index contributed by atoms with van der Waals surface area (Å²) in [6.07, 6.45) is 5.11. The first-order chi connectivity index (χ1) is 7.33. The second-order valence-electron chi connectivity index (χ2n) is 2.91. The van der Waals surface area contributed by atoms with Crippen LogP contribution in [-0.4, -0.2) is 18.6 Å². The van der Waals surface area contributed by atoms with E-state index in [1.54, 1.807) is 13.2 Å². The molecule has 2 aromatic rings. The normalized spacial score (nSPS) is 9.87. The number of anilines is 1. The maximum Gasteiger partial charge on any atom is 0.296 e.